The quantitative estimate of drug-likeness (QED) is 0.489. The third-order valence-electron chi connectivity index (χ3n) is 0.999. The van der Waals surface area contributed by atoms with Gasteiger partial charge in [-0.25, -0.2) is 4.57 Å². The Morgan fingerprint density at radius 1 is 1.58 bits per heavy atom. The molecule has 0 bridgehead atoms. The third kappa shape index (κ3) is 6.30. The molecule has 2 N–H and O–H groups in total. The van der Waals surface area contributed by atoms with E-state index in [2.05, 4.69) is 9.26 Å². The van der Waals surface area contributed by atoms with Crippen LogP contribution in [0.4, 0.5) is 0 Å². The molecule has 0 aliphatic heterocycles. The van der Waals surface area contributed by atoms with Gasteiger partial charge in [0.1, 0.15) is 0 Å². The molecule has 0 radical (unpaired) electrons. The number of carbonyl (C=O) groups excluding carboxylic acids is 1. The molecule has 1 atom stereocenters. The fourth-order valence-electron chi connectivity index (χ4n) is 0.590. The highest BCUT2D eigenvalue weighted by molar-refractivity contribution is 7.46. The first-order valence-corrected chi connectivity index (χ1v) is 4.69. The van der Waals surface area contributed by atoms with Crippen LogP contribution in [0.5, 0.6) is 0 Å². The van der Waals surface area contributed by atoms with Gasteiger partial charge in [-0.1, -0.05) is 0 Å². The molecule has 72 valence electrons. The molecule has 0 saturated heterocycles. The summed E-state index contributed by atoms with van der Waals surface area (Å²) in [5.41, 5.74) is 0. The van der Waals surface area contributed by atoms with Crippen molar-refractivity contribution in [3.05, 3.63) is 0 Å². The van der Waals surface area contributed by atoms with Crippen LogP contribution in [0.3, 0.4) is 0 Å². The van der Waals surface area contributed by atoms with Crippen molar-refractivity contribution in [3.8, 4) is 0 Å². The van der Waals surface area contributed by atoms with Crippen LogP contribution in [0.1, 0.15) is 13.3 Å². The monoisotopic (exact) mass is 198 g/mol. The van der Waals surface area contributed by atoms with Crippen LogP contribution in [0.15, 0.2) is 0 Å². The Morgan fingerprint density at radius 3 is 2.42 bits per heavy atom. The topological polar surface area (TPSA) is 93.1 Å². The zero-order valence-electron chi connectivity index (χ0n) is 6.76. The van der Waals surface area contributed by atoms with Gasteiger partial charge >= 0.3 is 13.8 Å². The van der Waals surface area contributed by atoms with Crippen LogP contribution in [0.2, 0.25) is 0 Å². The number of methoxy groups -OCH3 is 1. The summed E-state index contributed by atoms with van der Waals surface area (Å²) in [5.74, 6) is -0.573. The largest absolute Gasteiger partial charge is 0.469 e. The Bertz CT molecular complexity index is 196. The molecular weight excluding hydrogens is 187 g/mol. The number of hydrogen-bond acceptors (Lipinski definition) is 4. The second-order valence-corrected chi connectivity index (χ2v) is 3.38. The lowest BCUT2D eigenvalue weighted by Crippen LogP contribution is -2.13. The molecule has 7 heteroatoms. The van der Waals surface area contributed by atoms with E-state index < -0.39 is 19.9 Å². The van der Waals surface area contributed by atoms with Crippen LogP contribution < -0.4 is 0 Å². The summed E-state index contributed by atoms with van der Waals surface area (Å²) < 4.78 is 18.7. The summed E-state index contributed by atoms with van der Waals surface area (Å²) in [6, 6.07) is 0. The zero-order chi connectivity index (χ0) is 9.78. The Kier molecular flexibility index (Phi) is 4.41. The van der Waals surface area contributed by atoms with Crippen molar-refractivity contribution in [2.75, 3.05) is 7.11 Å². The lowest BCUT2D eigenvalue weighted by atomic mass is 10.3. The first-order valence-electron chi connectivity index (χ1n) is 3.16. The predicted molar refractivity (Wildman–Crippen MR) is 39.2 cm³/mol. The van der Waals surface area contributed by atoms with Crippen molar-refractivity contribution >= 4 is 13.8 Å². The molecule has 0 amide bonds. The number of ether oxygens (including phenoxy) is 1. The fraction of sp³-hybridized carbons (Fsp3) is 0.800. The molecule has 0 aromatic rings. The van der Waals surface area contributed by atoms with E-state index in [1.165, 1.54) is 14.0 Å². The molecule has 0 saturated carbocycles. The van der Waals surface area contributed by atoms with Crippen molar-refractivity contribution in [3.63, 3.8) is 0 Å². The third-order valence-corrected chi connectivity index (χ3v) is 1.63. The molecule has 0 aliphatic carbocycles. The molecule has 0 aliphatic rings. The fourth-order valence-corrected chi connectivity index (χ4v) is 1.13. The molecule has 0 heterocycles. The number of esters is 1. The van der Waals surface area contributed by atoms with Crippen LogP contribution in [0.25, 0.3) is 0 Å². The van der Waals surface area contributed by atoms with Gasteiger partial charge in [0.2, 0.25) is 0 Å². The van der Waals surface area contributed by atoms with E-state index in [0.717, 1.165) is 0 Å². The molecule has 0 aromatic carbocycles. The van der Waals surface area contributed by atoms with Gasteiger partial charge < -0.3 is 14.5 Å². The predicted octanol–water partition coefficient (Wildman–Crippen LogP) is 0.0473. The minimum absolute atomic E-state index is 0.179. The lowest BCUT2D eigenvalue weighted by Gasteiger charge is -2.11. The van der Waals surface area contributed by atoms with Crippen LogP contribution in [-0.2, 0) is 18.6 Å². The molecule has 0 aromatic heterocycles. The average Bonchev–Trinajstić information content (AvgIpc) is 1.82. The molecular formula is C5H11O6P. The van der Waals surface area contributed by atoms with Gasteiger partial charge in [-0.15, -0.1) is 0 Å². The van der Waals surface area contributed by atoms with Gasteiger partial charge in [0.05, 0.1) is 19.6 Å². The summed E-state index contributed by atoms with van der Waals surface area (Å²) in [6.45, 7) is 1.37. The molecule has 1 unspecified atom stereocenters. The van der Waals surface area contributed by atoms with Crippen molar-refractivity contribution in [1.29, 1.82) is 0 Å². The Labute approximate surface area is 69.7 Å². The summed E-state index contributed by atoms with van der Waals surface area (Å²) >= 11 is 0. The van der Waals surface area contributed by atoms with Crippen molar-refractivity contribution < 1.29 is 28.4 Å². The summed E-state index contributed by atoms with van der Waals surface area (Å²) in [7, 11) is -3.31. The first-order chi connectivity index (χ1) is 5.35. The number of hydrogen-bond donors (Lipinski definition) is 2. The SMILES string of the molecule is COC(=O)CC(C)OP(=O)(O)O. The van der Waals surface area contributed by atoms with E-state index in [0.29, 0.717) is 0 Å². The maximum atomic E-state index is 10.6. The van der Waals surface area contributed by atoms with E-state index in [9.17, 15) is 9.36 Å². The van der Waals surface area contributed by atoms with Crippen LogP contribution in [0, 0.1) is 0 Å². The Morgan fingerprint density at radius 2 is 2.08 bits per heavy atom. The first kappa shape index (κ1) is 11.6. The van der Waals surface area contributed by atoms with Gasteiger partial charge in [0, 0.05) is 0 Å². The standard InChI is InChI=1S/C5H11O6P/c1-4(3-5(6)10-2)11-12(7,8)9/h4H,3H2,1-2H3,(H2,7,8,9). The molecule has 0 fully saturated rings. The van der Waals surface area contributed by atoms with Gasteiger partial charge in [-0.2, -0.15) is 0 Å². The summed E-state index contributed by atoms with van der Waals surface area (Å²) in [4.78, 5) is 27.2. The highest BCUT2D eigenvalue weighted by Crippen LogP contribution is 2.38. The second kappa shape index (κ2) is 4.57. The number of phosphoric acid groups is 1. The van der Waals surface area contributed by atoms with E-state index in [4.69, 9.17) is 9.79 Å². The Hall–Kier alpha value is -0.420. The summed E-state index contributed by atoms with van der Waals surface area (Å²) in [6.07, 6.45) is -1.03. The zero-order valence-corrected chi connectivity index (χ0v) is 7.65. The van der Waals surface area contributed by atoms with Gasteiger partial charge in [-0.05, 0) is 6.92 Å². The molecule has 0 rings (SSSR count). The lowest BCUT2D eigenvalue weighted by molar-refractivity contribution is -0.142. The number of phosphoric ester groups is 1. The van der Waals surface area contributed by atoms with Crippen molar-refractivity contribution in [1.82, 2.24) is 0 Å². The maximum absolute atomic E-state index is 10.6. The van der Waals surface area contributed by atoms with Gasteiger partial charge in [0.25, 0.3) is 0 Å². The number of carbonyl (C=O) groups is 1. The smallest absolute Gasteiger partial charge is 0.469 e. The number of rotatable bonds is 4. The van der Waals surface area contributed by atoms with Crippen LogP contribution >= 0.6 is 7.82 Å². The molecule has 6 nitrogen and oxygen atoms in total. The summed E-state index contributed by atoms with van der Waals surface area (Å²) in [5, 5.41) is 0. The molecule has 12 heavy (non-hydrogen) atoms. The minimum Gasteiger partial charge on any atom is -0.469 e. The maximum Gasteiger partial charge on any atom is 0.469 e. The minimum atomic E-state index is -4.50. The van der Waals surface area contributed by atoms with Crippen molar-refractivity contribution in [2.45, 2.75) is 19.4 Å². The van der Waals surface area contributed by atoms with E-state index in [1.807, 2.05) is 0 Å². The normalized spacial score (nSPS) is 14.0. The van der Waals surface area contributed by atoms with E-state index >= 15 is 0 Å². The van der Waals surface area contributed by atoms with Gasteiger partial charge in [0.15, 0.2) is 0 Å². The highest BCUT2D eigenvalue weighted by Gasteiger charge is 2.20. The second-order valence-electron chi connectivity index (χ2n) is 2.19. The van der Waals surface area contributed by atoms with E-state index in [1.54, 1.807) is 0 Å². The Balaban J connectivity index is 3.82. The average molecular weight is 198 g/mol. The van der Waals surface area contributed by atoms with E-state index in [-0.39, 0.29) is 6.42 Å². The van der Waals surface area contributed by atoms with Crippen molar-refractivity contribution in [2.24, 2.45) is 0 Å². The molecule has 0 spiro atoms. The van der Waals surface area contributed by atoms with Crippen LogP contribution in [-0.4, -0.2) is 29.0 Å². The van der Waals surface area contributed by atoms with Gasteiger partial charge in [-0.3, -0.25) is 9.32 Å². The highest BCUT2D eigenvalue weighted by atomic mass is 31.2.